The molecule has 0 aromatic carbocycles. The van der Waals surface area contributed by atoms with Crippen LogP contribution in [0.15, 0.2) is 6.07 Å². The van der Waals surface area contributed by atoms with Crippen LogP contribution in [0.2, 0.25) is 0 Å². The van der Waals surface area contributed by atoms with Gasteiger partial charge in [-0.3, -0.25) is 9.48 Å². The summed E-state index contributed by atoms with van der Waals surface area (Å²) in [5.41, 5.74) is 0.826. The van der Waals surface area contributed by atoms with E-state index in [0.717, 1.165) is 5.69 Å². The molecule has 2 rings (SSSR count). The minimum Gasteiger partial charge on any atom is -0.311 e. The molecule has 0 aliphatic carbocycles. The van der Waals surface area contributed by atoms with Gasteiger partial charge in [-0.15, -0.1) is 0 Å². The first-order chi connectivity index (χ1) is 9.27. The number of carbonyl (C=O) groups is 1. The fourth-order valence-electron chi connectivity index (χ4n) is 2.33. The first-order valence-corrected chi connectivity index (χ1v) is 7.87. The predicted octanol–water partition coefficient (Wildman–Crippen LogP) is -0.417. The maximum atomic E-state index is 12.1. The second kappa shape index (κ2) is 5.51. The van der Waals surface area contributed by atoms with Gasteiger partial charge in [-0.1, -0.05) is 0 Å². The van der Waals surface area contributed by atoms with Gasteiger partial charge < -0.3 is 5.32 Å². The van der Waals surface area contributed by atoms with Gasteiger partial charge in [0.25, 0.3) is 10.2 Å². The van der Waals surface area contributed by atoms with Gasteiger partial charge >= 0.3 is 0 Å². The third-order valence-electron chi connectivity index (χ3n) is 3.44. The van der Waals surface area contributed by atoms with E-state index in [2.05, 4.69) is 10.4 Å². The zero-order chi connectivity index (χ0) is 14.9. The molecule has 0 saturated carbocycles. The number of hydrogen-bond acceptors (Lipinski definition) is 4. The number of anilines is 1. The fraction of sp³-hybridized carbons (Fsp3) is 0.636. The minimum absolute atomic E-state index is 0.109. The van der Waals surface area contributed by atoms with Gasteiger partial charge in [-0.25, -0.2) is 5.14 Å². The maximum Gasteiger partial charge on any atom is 0.276 e. The number of rotatable bonds is 3. The summed E-state index contributed by atoms with van der Waals surface area (Å²) in [5.74, 6) is 0.326. The van der Waals surface area contributed by atoms with Crippen molar-refractivity contribution in [3.63, 3.8) is 0 Å². The SMILES string of the molecule is Cc1cc(NC(=O)C2CCN(S(N)(=O)=O)CC2)n(C)n1. The van der Waals surface area contributed by atoms with E-state index in [0.29, 0.717) is 18.7 Å². The molecule has 0 radical (unpaired) electrons. The number of piperidine rings is 1. The summed E-state index contributed by atoms with van der Waals surface area (Å²) in [6.45, 7) is 2.41. The highest BCUT2D eigenvalue weighted by atomic mass is 32.2. The largest absolute Gasteiger partial charge is 0.311 e. The van der Waals surface area contributed by atoms with Crippen LogP contribution in [0.3, 0.4) is 0 Å². The molecule has 1 aliphatic heterocycles. The first-order valence-electron chi connectivity index (χ1n) is 6.37. The number of nitrogens with one attached hydrogen (secondary N) is 1. The van der Waals surface area contributed by atoms with Crippen molar-refractivity contribution in [3.8, 4) is 0 Å². The Hall–Kier alpha value is -1.45. The predicted molar refractivity (Wildman–Crippen MR) is 74.0 cm³/mol. The lowest BCUT2D eigenvalue weighted by Gasteiger charge is -2.28. The molecule has 1 aromatic heterocycles. The summed E-state index contributed by atoms with van der Waals surface area (Å²) in [5, 5.41) is 12.0. The van der Waals surface area contributed by atoms with Gasteiger partial charge in [0.1, 0.15) is 5.82 Å². The van der Waals surface area contributed by atoms with Gasteiger partial charge in [0.2, 0.25) is 5.91 Å². The quantitative estimate of drug-likeness (QED) is 0.790. The smallest absolute Gasteiger partial charge is 0.276 e. The summed E-state index contributed by atoms with van der Waals surface area (Å²) in [4.78, 5) is 12.1. The normalized spacial score (nSPS) is 18.1. The number of aromatic nitrogens is 2. The molecular formula is C11H19N5O3S. The average molecular weight is 301 g/mol. The van der Waals surface area contributed by atoms with E-state index in [4.69, 9.17) is 5.14 Å². The number of nitrogens with zero attached hydrogens (tertiary/aromatic N) is 3. The van der Waals surface area contributed by atoms with Crippen molar-refractivity contribution in [2.75, 3.05) is 18.4 Å². The van der Waals surface area contributed by atoms with Crippen LogP contribution in [0.4, 0.5) is 5.82 Å². The molecule has 3 N–H and O–H groups in total. The molecule has 1 aromatic rings. The van der Waals surface area contributed by atoms with Crippen molar-refractivity contribution in [2.45, 2.75) is 19.8 Å². The van der Waals surface area contributed by atoms with Crippen LogP contribution >= 0.6 is 0 Å². The first kappa shape index (κ1) is 14.9. The Morgan fingerprint density at radius 1 is 1.45 bits per heavy atom. The Morgan fingerprint density at radius 2 is 2.05 bits per heavy atom. The van der Waals surface area contributed by atoms with E-state index in [1.165, 1.54) is 4.31 Å². The number of nitrogens with two attached hydrogens (primary N) is 1. The lowest BCUT2D eigenvalue weighted by molar-refractivity contribution is -0.121. The lowest BCUT2D eigenvalue weighted by Crippen LogP contribution is -2.44. The second-order valence-electron chi connectivity index (χ2n) is 5.00. The molecular weight excluding hydrogens is 282 g/mol. The number of aryl methyl sites for hydroxylation is 2. The molecule has 1 aliphatic rings. The molecule has 0 atom stereocenters. The third kappa shape index (κ3) is 3.35. The van der Waals surface area contributed by atoms with Crippen LogP contribution < -0.4 is 10.5 Å². The maximum absolute atomic E-state index is 12.1. The van der Waals surface area contributed by atoms with E-state index in [-0.39, 0.29) is 24.9 Å². The molecule has 2 heterocycles. The van der Waals surface area contributed by atoms with Crippen LogP contribution in [-0.4, -0.2) is 41.5 Å². The van der Waals surface area contributed by atoms with Crippen molar-refractivity contribution < 1.29 is 13.2 Å². The summed E-state index contributed by atoms with van der Waals surface area (Å²) >= 11 is 0. The van der Waals surface area contributed by atoms with Crippen LogP contribution in [-0.2, 0) is 22.1 Å². The molecule has 0 unspecified atom stereocenters. The minimum atomic E-state index is -3.65. The zero-order valence-electron chi connectivity index (χ0n) is 11.5. The van der Waals surface area contributed by atoms with Gasteiger partial charge in [-0.2, -0.15) is 17.8 Å². The molecule has 9 heteroatoms. The fourth-order valence-corrected chi connectivity index (χ4v) is 3.05. The van der Waals surface area contributed by atoms with E-state index >= 15 is 0 Å². The van der Waals surface area contributed by atoms with Crippen molar-refractivity contribution in [2.24, 2.45) is 18.1 Å². The van der Waals surface area contributed by atoms with Crippen LogP contribution in [0, 0.1) is 12.8 Å². The summed E-state index contributed by atoms with van der Waals surface area (Å²) < 4.78 is 25.2. The van der Waals surface area contributed by atoms with Gasteiger partial charge in [-0.05, 0) is 19.8 Å². The van der Waals surface area contributed by atoms with Gasteiger partial charge in [0.15, 0.2) is 0 Å². The van der Waals surface area contributed by atoms with Crippen molar-refractivity contribution in [3.05, 3.63) is 11.8 Å². The standard InChI is InChI=1S/C11H19N5O3S/c1-8-7-10(15(2)14-8)13-11(17)9-3-5-16(6-4-9)20(12,18)19/h7,9H,3-6H2,1-2H3,(H,13,17)(H2,12,18,19). The van der Waals surface area contributed by atoms with Gasteiger partial charge in [0, 0.05) is 32.1 Å². The average Bonchev–Trinajstić information content (AvgIpc) is 2.67. The molecule has 20 heavy (non-hydrogen) atoms. The Kier molecular flexibility index (Phi) is 4.11. The molecule has 0 bridgehead atoms. The molecule has 112 valence electrons. The van der Waals surface area contributed by atoms with Crippen molar-refractivity contribution in [1.29, 1.82) is 0 Å². The molecule has 1 fully saturated rings. The Bertz CT molecular complexity index is 602. The summed E-state index contributed by atoms with van der Waals surface area (Å²) in [6.07, 6.45) is 0.943. The van der Waals surface area contributed by atoms with E-state index in [1.54, 1.807) is 17.8 Å². The third-order valence-corrected chi connectivity index (χ3v) is 4.52. The number of carbonyl (C=O) groups excluding carboxylic acids is 1. The number of amides is 1. The second-order valence-corrected chi connectivity index (χ2v) is 6.55. The highest BCUT2D eigenvalue weighted by Crippen LogP contribution is 2.20. The van der Waals surface area contributed by atoms with E-state index in [9.17, 15) is 13.2 Å². The number of hydrogen-bond donors (Lipinski definition) is 2. The van der Waals surface area contributed by atoms with Crippen LogP contribution in [0.5, 0.6) is 0 Å². The zero-order valence-corrected chi connectivity index (χ0v) is 12.4. The molecule has 8 nitrogen and oxygen atoms in total. The van der Waals surface area contributed by atoms with E-state index < -0.39 is 10.2 Å². The van der Waals surface area contributed by atoms with E-state index in [1.807, 2.05) is 6.92 Å². The Morgan fingerprint density at radius 3 is 2.50 bits per heavy atom. The van der Waals surface area contributed by atoms with Crippen LogP contribution in [0.1, 0.15) is 18.5 Å². The van der Waals surface area contributed by atoms with Crippen LogP contribution in [0.25, 0.3) is 0 Å². The Balaban J connectivity index is 1.94. The van der Waals surface area contributed by atoms with Gasteiger partial charge in [0.05, 0.1) is 5.69 Å². The topological polar surface area (TPSA) is 110 Å². The highest BCUT2D eigenvalue weighted by molar-refractivity contribution is 7.86. The lowest BCUT2D eigenvalue weighted by atomic mass is 9.97. The van der Waals surface area contributed by atoms with Crippen molar-refractivity contribution in [1.82, 2.24) is 14.1 Å². The molecule has 1 saturated heterocycles. The Labute approximate surface area is 118 Å². The molecule has 0 spiro atoms. The monoisotopic (exact) mass is 301 g/mol. The van der Waals surface area contributed by atoms with Crippen molar-refractivity contribution >= 4 is 21.9 Å². The molecule has 1 amide bonds. The summed E-state index contributed by atoms with van der Waals surface area (Å²) in [7, 11) is -1.89. The summed E-state index contributed by atoms with van der Waals surface area (Å²) in [6, 6.07) is 1.79. The highest BCUT2D eigenvalue weighted by Gasteiger charge is 2.29.